The molecule has 0 fully saturated rings. The minimum Gasteiger partial charge on any atom is -0.462 e. The second kappa shape index (κ2) is 63.1. The van der Waals surface area contributed by atoms with Crippen molar-refractivity contribution < 1.29 is 28.6 Å². The predicted molar refractivity (Wildman–Crippen MR) is 325 cm³/mol. The first kappa shape index (κ1) is 71.6. The number of rotatable bonds is 58. The summed E-state index contributed by atoms with van der Waals surface area (Å²) in [4.78, 5) is 38.3. The van der Waals surface area contributed by atoms with Crippen LogP contribution in [-0.4, -0.2) is 37.2 Å². The van der Waals surface area contributed by atoms with Gasteiger partial charge in [-0.3, -0.25) is 14.4 Å². The number of hydrogen-bond acceptors (Lipinski definition) is 6. The first-order valence-corrected chi connectivity index (χ1v) is 32.1. The Morgan fingerprint density at radius 1 is 0.267 bits per heavy atom. The van der Waals surface area contributed by atoms with Crippen molar-refractivity contribution in [1.29, 1.82) is 0 Å². The Morgan fingerprint density at radius 3 is 0.760 bits per heavy atom. The molecule has 0 aromatic heterocycles. The van der Waals surface area contributed by atoms with Gasteiger partial charge in [0.1, 0.15) is 13.2 Å². The summed E-state index contributed by atoms with van der Waals surface area (Å²) in [6.07, 6.45) is 82.9. The Hall–Kier alpha value is -3.41. The Balaban J connectivity index is 4.43. The lowest BCUT2D eigenvalue weighted by Gasteiger charge is -2.18. The minimum atomic E-state index is -0.795. The zero-order chi connectivity index (χ0) is 54.3. The fourth-order valence-corrected chi connectivity index (χ4v) is 8.98. The van der Waals surface area contributed by atoms with Gasteiger partial charge in [0.05, 0.1) is 0 Å². The van der Waals surface area contributed by atoms with Gasteiger partial charge >= 0.3 is 17.9 Å². The molecule has 0 spiro atoms. The van der Waals surface area contributed by atoms with Crippen molar-refractivity contribution in [2.75, 3.05) is 13.2 Å². The summed E-state index contributed by atoms with van der Waals surface area (Å²) in [5, 5.41) is 0. The minimum absolute atomic E-state index is 0.0901. The van der Waals surface area contributed by atoms with Crippen LogP contribution in [0.15, 0.2) is 85.1 Å². The number of carbonyl (C=O) groups excluding carboxylic acids is 3. The number of unbranched alkanes of at least 4 members (excludes halogenated alkanes) is 33. The topological polar surface area (TPSA) is 78.9 Å². The first-order chi connectivity index (χ1) is 37.0. The summed E-state index contributed by atoms with van der Waals surface area (Å²) in [5.74, 6) is -0.912. The van der Waals surface area contributed by atoms with E-state index in [9.17, 15) is 14.4 Å². The molecule has 0 aliphatic heterocycles. The molecule has 0 aliphatic carbocycles. The number of allylic oxidation sites excluding steroid dienone is 14. The fraction of sp³-hybridized carbons (Fsp3) is 0.754. The summed E-state index contributed by atoms with van der Waals surface area (Å²) < 4.78 is 16.9. The molecule has 0 rings (SSSR count). The van der Waals surface area contributed by atoms with Crippen LogP contribution in [0.5, 0.6) is 0 Å². The third-order valence-electron chi connectivity index (χ3n) is 13.8. The van der Waals surface area contributed by atoms with Crippen molar-refractivity contribution >= 4 is 17.9 Å². The molecule has 0 saturated heterocycles. The highest BCUT2D eigenvalue weighted by molar-refractivity contribution is 5.71. The highest BCUT2D eigenvalue weighted by Gasteiger charge is 2.19. The molecule has 432 valence electrons. The SMILES string of the molecule is CCCCCCC/C=C\C/C=C\C/C=C\CCCCCCCCC(=O)OCC(COC(=O)CCCCCCC/C=C\CCCCCCCC)OC(=O)CCCCCCCC/C=C\C/C=C\C/C=C\CCCCCCC. The van der Waals surface area contributed by atoms with Gasteiger partial charge in [0.25, 0.3) is 0 Å². The van der Waals surface area contributed by atoms with Gasteiger partial charge in [0, 0.05) is 19.3 Å². The molecule has 75 heavy (non-hydrogen) atoms. The van der Waals surface area contributed by atoms with E-state index < -0.39 is 6.10 Å². The number of esters is 3. The Kier molecular flexibility index (Phi) is 60.3. The molecule has 0 saturated carbocycles. The highest BCUT2D eigenvalue weighted by atomic mass is 16.6. The van der Waals surface area contributed by atoms with E-state index in [2.05, 4.69) is 106 Å². The van der Waals surface area contributed by atoms with E-state index in [-0.39, 0.29) is 31.1 Å². The van der Waals surface area contributed by atoms with E-state index in [0.29, 0.717) is 19.3 Å². The monoisotopic (exact) mass is 1040 g/mol. The van der Waals surface area contributed by atoms with Crippen LogP contribution >= 0.6 is 0 Å². The van der Waals surface area contributed by atoms with Crippen LogP contribution in [0.4, 0.5) is 0 Å². The molecule has 0 bridgehead atoms. The Morgan fingerprint density at radius 2 is 0.480 bits per heavy atom. The quantitative estimate of drug-likeness (QED) is 0.0261. The average Bonchev–Trinajstić information content (AvgIpc) is 3.41. The zero-order valence-electron chi connectivity index (χ0n) is 49.6. The maximum absolute atomic E-state index is 12.9. The number of ether oxygens (including phenoxy) is 3. The van der Waals surface area contributed by atoms with Crippen molar-refractivity contribution in [2.24, 2.45) is 0 Å². The van der Waals surface area contributed by atoms with Gasteiger partial charge in [-0.15, -0.1) is 0 Å². The number of hydrogen-bond donors (Lipinski definition) is 0. The standard InChI is InChI=1S/C69H120O6/c1-4-7-10-13-16-19-22-25-28-30-32-34-36-38-41-44-47-50-53-56-59-62-68(71)74-65-66(64-73-67(70)61-58-55-52-49-46-43-40-27-24-21-18-15-12-9-6-3)75-69(72)63-60-57-54-51-48-45-42-39-37-35-33-31-29-26-23-20-17-14-11-8-5-2/h22-23,25-27,30-33,36-40,66H,4-21,24,28-29,34-35,41-65H2,1-3H3/b25-22-,26-23-,32-30-,33-31-,38-36-,39-37-,40-27-. The molecular weight excluding hydrogens is 925 g/mol. The molecule has 1 atom stereocenters. The second-order valence-corrected chi connectivity index (χ2v) is 21.3. The van der Waals surface area contributed by atoms with E-state index in [1.54, 1.807) is 0 Å². The van der Waals surface area contributed by atoms with Crippen LogP contribution in [0.2, 0.25) is 0 Å². The third kappa shape index (κ3) is 61.3. The lowest BCUT2D eigenvalue weighted by Crippen LogP contribution is -2.30. The molecule has 6 nitrogen and oxygen atoms in total. The molecule has 0 aliphatic rings. The van der Waals surface area contributed by atoms with Gasteiger partial charge in [0.15, 0.2) is 6.10 Å². The summed E-state index contributed by atoms with van der Waals surface area (Å²) in [7, 11) is 0. The van der Waals surface area contributed by atoms with Crippen molar-refractivity contribution in [1.82, 2.24) is 0 Å². The maximum atomic E-state index is 12.9. The molecule has 0 amide bonds. The van der Waals surface area contributed by atoms with E-state index in [1.807, 2.05) is 0 Å². The molecule has 0 aromatic rings. The molecular formula is C69H120O6. The van der Waals surface area contributed by atoms with Crippen LogP contribution in [0, 0.1) is 0 Å². The van der Waals surface area contributed by atoms with Crippen LogP contribution < -0.4 is 0 Å². The van der Waals surface area contributed by atoms with Gasteiger partial charge < -0.3 is 14.2 Å². The lowest BCUT2D eigenvalue weighted by molar-refractivity contribution is -0.167. The lowest BCUT2D eigenvalue weighted by atomic mass is 10.1. The van der Waals surface area contributed by atoms with E-state index in [4.69, 9.17) is 14.2 Å². The normalized spacial score (nSPS) is 12.6. The van der Waals surface area contributed by atoms with Crippen LogP contribution in [0.25, 0.3) is 0 Å². The molecule has 6 heteroatoms. The van der Waals surface area contributed by atoms with Gasteiger partial charge in [-0.2, -0.15) is 0 Å². The zero-order valence-corrected chi connectivity index (χ0v) is 49.6. The summed E-state index contributed by atoms with van der Waals surface area (Å²) in [6, 6.07) is 0. The molecule has 1 unspecified atom stereocenters. The van der Waals surface area contributed by atoms with Crippen molar-refractivity contribution in [2.45, 2.75) is 322 Å². The van der Waals surface area contributed by atoms with E-state index in [0.717, 1.165) is 109 Å². The van der Waals surface area contributed by atoms with E-state index in [1.165, 1.54) is 167 Å². The first-order valence-electron chi connectivity index (χ1n) is 32.1. The fourth-order valence-electron chi connectivity index (χ4n) is 8.98. The average molecular weight is 1050 g/mol. The highest BCUT2D eigenvalue weighted by Crippen LogP contribution is 2.15. The predicted octanol–water partition coefficient (Wildman–Crippen LogP) is 21.9. The van der Waals surface area contributed by atoms with Crippen molar-refractivity contribution in [3.63, 3.8) is 0 Å². The van der Waals surface area contributed by atoms with Crippen molar-refractivity contribution in [3.05, 3.63) is 85.1 Å². The van der Waals surface area contributed by atoms with Crippen LogP contribution in [-0.2, 0) is 28.6 Å². The number of carbonyl (C=O) groups is 3. The molecule has 0 N–H and O–H groups in total. The van der Waals surface area contributed by atoms with Crippen LogP contribution in [0.1, 0.15) is 316 Å². The molecule has 0 radical (unpaired) electrons. The van der Waals surface area contributed by atoms with Gasteiger partial charge in [-0.05, 0) is 122 Å². The third-order valence-corrected chi connectivity index (χ3v) is 13.8. The van der Waals surface area contributed by atoms with Crippen molar-refractivity contribution in [3.8, 4) is 0 Å². The largest absolute Gasteiger partial charge is 0.462 e. The second-order valence-electron chi connectivity index (χ2n) is 21.3. The Labute approximate surface area is 465 Å². The summed E-state index contributed by atoms with van der Waals surface area (Å²) in [6.45, 7) is 6.61. The molecule has 0 heterocycles. The Bertz CT molecular complexity index is 1430. The van der Waals surface area contributed by atoms with Crippen LogP contribution in [0.3, 0.4) is 0 Å². The molecule has 0 aromatic carbocycles. The van der Waals surface area contributed by atoms with Gasteiger partial charge in [-0.1, -0.05) is 260 Å². The summed E-state index contributed by atoms with van der Waals surface area (Å²) in [5.41, 5.74) is 0. The van der Waals surface area contributed by atoms with E-state index >= 15 is 0 Å². The summed E-state index contributed by atoms with van der Waals surface area (Å²) >= 11 is 0. The smallest absolute Gasteiger partial charge is 0.306 e. The maximum Gasteiger partial charge on any atom is 0.306 e. The van der Waals surface area contributed by atoms with Gasteiger partial charge in [0.2, 0.25) is 0 Å². The van der Waals surface area contributed by atoms with Gasteiger partial charge in [-0.25, -0.2) is 0 Å².